The zero-order valence-electron chi connectivity index (χ0n) is 15.0. The summed E-state index contributed by atoms with van der Waals surface area (Å²) in [6.07, 6.45) is 1.83. The maximum absolute atomic E-state index is 4.83. The van der Waals surface area contributed by atoms with E-state index in [0.29, 0.717) is 6.04 Å². The Morgan fingerprint density at radius 1 is 1.27 bits per heavy atom. The second-order valence-electron chi connectivity index (χ2n) is 6.71. The van der Waals surface area contributed by atoms with E-state index in [0.717, 1.165) is 27.4 Å². The average Bonchev–Trinajstić information content (AvgIpc) is 2.83. The van der Waals surface area contributed by atoms with Crippen LogP contribution in [0.15, 0.2) is 47.1 Å². The predicted octanol–water partition coefficient (Wildman–Crippen LogP) is 5.19. The molecule has 0 fully saturated rings. The molecule has 1 aliphatic heterocycles. The van der Waals surface area contributed by atoms with Crippen molar-refractivity contribution in [3.8, 4) is 11.4 Å². The van der Waals surface area contributed by atoms with Crippen molar-refractivity contribution in [1.82, 2.24) is 14.8 Å². The van der Waals surface area contributed by atoms with Crippen molar-refractivity contribution < 1.29 is 0 Å². The Morgan fingerprint density at radius 2 is 2.12 bits per heavy atom. The number of benzene rings is 1. The van der Waals surface area contributed by atoms with E-state index >= 15 is 0 Å². The fourth-order valence-electron chi connectivity index (χ4n) is 3.43. The van der Waals surface area contributed by atoms with Gasteiger partial charge in [-0.3, -0.25) is 9.67 Å². The van der Waals surface area contributed by atoms with E-state index in [4.69, 9.17) is 5.10 Å². The quantitative estimate of drug-likeness (QED) is 0.609. The van der Waals surface area contributed by atoms with E-state index in [1.54, 1.807) is 0 Å². The molecule has 2 aromatic heterocycles. The number of aryl methyl sites for hydroxylation is 2. The lowest BCUT2D eigenvalue weighted by molar-refractivity contribution is 0.757. The molecule has 1 N–H and O–H groups in total. The van der Waals surface area contributed by atoms with E-state index in [2.05, 4.69) is 58.3 Å². The lowest BCUT2D eigenvalue weighted by Gasteiger charge is -2.19. The SMILES string of the molecule is Cc1cc(Br)ccc1C1SCC(C)Nc2c1c(-c1ccccn1)nn2C. The third kappa shape index (κ3) is 3.16. The van der Waals surface area contributed by atoms with Crippen molar-refractivity contribution in [1.29, 1.82) is 0 Å². The van der Waals surface area contributed by atoms with Crippen LogP contribution in [-0.2, 0) is 7.05 Å². The Labute approximate surface area is 166 Å². The molecule has 1 aromatic carbocycles. The summed E-state index contributed by atoms with van der Waals surface area (Å²) in [7, 11) is 2.01. The van der Waals surface area contributed by atoms with Crippen LogP contribution in [-0.4, -0.2) is 26.6 Å². The first-order chi connectivity index (χ1) is 12.5. The molecule has 4 nitrogen and oxygen atoms in total. The molecular formula is C20H21BrN4S. The number of halogens is 1. The van der Waals surface area contributed by atoms with Crippen molar-refractivity contribution in [2.45, 2.75) is 25.1 Å². The Bertz CT molecular complexity index is 938. The number of fused-ring (bicyclic) bond motifs is 1. The molecule has 26 heavy (non-hydrogen) atoms. The molecule has 0 radical (unpaired) electrons. The highest BCUT2D eigenvalue weighted by molar-refractivity contribution is 9.10. The van der Waals surface area contributed by atoms with Gasteiger partial charge in [0.1, 0.15) is 11.5 Å². The van der Waals surface area contributed by atoms with Crippen molar-refractivity contribution in [3.63, 3.8) is 0 Å². The van der Waals surface area contributed by atoms with E-state index in [1.807, 2.05) is 47.9 Å². The van der Waals surface area contributed by atoms with Crippen LogP contribution in [0.25, 0.3) is 11.4 Å². The Morgan fingerprint density at radius 3 is 2.85 bits per heavy atom. The number of thioether (sulfide) groups is 1. The lowest BCUT2D eigenvalue weighted by Crippen LogP contribution is -2.18. The largest absolute Gasteiger partial charge is 0.367 e. The number of hydrogen-bond donors (Lipinski definition) is 1. The summed E-state index contributed by atoms with van der Waals surface area (Å²) in [5.74, 6) is 2.13. The minimum absolute atomic E-state index is 0.223. The number of aromatic nitrogens is 3. The van der Waals surface area contributed by atoms with Gasteiger partial charge in [0, 0.05) is 35.1 Å². The number of nitrogens with one attached hydrogen (secondary N) is 1. The first kappa shape index (κ1) is 17.6. The van der Waals surface area contributed by atoms with Gasteiger partial charge < -0.3 is 5.32 Å². The fourth-order valence-corrected chi connectivity index (χ4v) is 5.30. The van der Waals surface area contributed by atoms with Crippen LogP contribution in [0.1, 0.15) is 28.9 Å². The number of rotatable bonds is 2. The summed E-state index contributed by atoms with van der Waals surface area (Å²) in [5, 5.41) is 8.71. The summed E-state index contributed by atoms with van der Waals surface area (Å²) < 4.78 is 3.07. The molecule has 3 aromatic rings. The standard InChI is InChI=1S/C20H21BrN4S/c1-12-10-14(21)7-8-15(12)19-17-18(16-6-4-5-9-22-16)24-25(3)20(17)23-13(2)11-26-19/h4-10,13,19,23H,11H2,1-3H3. The molecule has 0 saturated heterocycles. The zero-order chi connectivity index (χ0) is 18.3. The van der Waals surface area contributed by atoms with Crippen molar-refractivity contribution in [2.75, 3.05) is 11.1 Å². The normalized spacial score (nSPS) is 19.5. The Kier molecular flexibility index (Phi) is 4.80. The summed E-state index contributed by atoms with van der Waals surface area (Å²) in [6.45, 7) is 4.40. The molecule has 2 unspecified atom stereocenters. The monoisotopic (exact) mass is 428 g/mol. The van der Waals surface area contributed by atoms with Gasteiger partial charge in [0.05, 0.1) is 10.9 Å². The van der Waals surface area contributed by atoms with Crippen LogP contribution in [0.5, 0.6) is 0 Å². The van der Waals surface area contributed by atoms with Crippen LogP contribution in [0.3, 0.4) is 0 Å². The van der Waals surface area contributed by atoms with Crippen molar-refractivity contribution in [3.05, 3.63) is 63.8 Å². The summed E-state index contributed by atoms with van der Waals surface area (Å²) in [6, 6.07) is 12.9. The van der Waals surface area contributed by atoms with Gasteiger partial charge in [0.2, 0.25) is 0 Å². The number of anilines is 1. The van der Waals surface area contributed by atoms with Crippen molar-refractivity contribution in [2.24, 2.45) is 7.05 Å². The number of nitrogens with zero attached hydrogens (tertiary/aromatic N) is 3. The second kappa shape index (κ2) is 7.08. The third-order valence-electron chi connectivity index (χ3n) is 4.66. The molecule has 0 saturated carbocycles. The van der Waals surface area contributed by atoms with Crippen LogP contribution < -0.4 is 5.32 Å². The third-order valence-corrected chi connectivity index (χ3v) is 6.67. The summed E-state index contributed by atoms with van der Waals surface area (Å²) in [5.41, 5.74) is 5.73. The molecule has 134 valence electrons. The molecule has 2 atom stereocenters. The van der Waals surface area contributed by atoms with Gasteiger partial charge in [-0.2, -0.15) is 5.10 Å². The molecule has 1 aliphatic rings. The van der Waals surface area contributed by atoms with E-state index in [9.17, 15) is 0 Å². The number of hydrogen-bond acceptors (Lipinski definition) is 4. The van der Waals surface area contributed by atoms with Gasteiger partial charge >= 0.3 is 0 Å². The maximum atomic E-state index is 4.83. The van der Waals surface area contributed by atoms with Crippen LogP contribution in [0.2, 0.25) is 0 Å². The van der Waals surface area contributed by atoms with Gasteiger partial charge in [-0.15, -0.1) is 11.8 Å². The second-order valence-corrected chi connectivity index (χ2v) is 8.76. The highest BCUT2D eigenvalue weighted by Crippen LogP contribution is 2.47. The minimum Gasteiger partial charge on any atom is -0.367 e. The summed E-state index contributed by atoms with van der Waals surface area (Å²) >= 11 is 5.56. The van der Waals surface area contributed by atoms with E-state index in [-0.39, 0.29) is 5.25 Å². The molecule has 0 bridgehead atoms. The molecular weight excluding hydrogens is 408 g/mol. The molecule has 4 rings (SSSR count). The fraction of sp³-hybridized carbons (Fsp3) is 0.300. The van der Waals surface area contributed by atoms with Crippen LogP contribution >= 0.6 is 27.7 Å². The first-order valence-electron chi connectivity index (χ1n) is 8.67. The highest BCUT2D eigenvalue weighted by Gasteiger charge is 2.31. The number of pyridine rings is 1. The van der Waals surface area contributed by atoms with Gasteiger partial charge in [-0.1, -0.05) is 28.1 Å². The van der Waals surface area contributed by atoms with Gasteiger partial charge in [-0.25, -0.2) is 0 Å². The van der Waals surface area contributed by atoms with Gasteiger partial charge in [0.15, 0.2) is 0 Å². The van der Waals surface area contributed by atoms with Gasteiger partial charge in [0.25, 0.3) is 0 Å². The minimum atomic E-state index is 0.223. The van der Waals surface area contributed by atoms with Gasteiger partial charge in [-0.05, 0) is 49.2 Å². The van der Waals surface area contributed by atoms with E-state index < -0.39 is 0 Å². The first-order valence-corrected chi connectivity index (χ1v) is 10.5. The molecule has 0 aliphatic carbocycles. The molecule has 0 spiro atoms. The van der Waals surface area contributed by atoms with E-state index in [1.165, 1.54) is 16.7 Å². The van der Waals surface area contributed by atoms with Crippen LogP contribution in [0, 0.1) is 6.92 Å². The van der Waals surface area contributed by atoms with Crippen molar-refractivity contribution >= 4 is 33.5 Å². The van der Waals surface area contributed by atoms with Crippen LogP contribution in [0.4, 0.5) is 5.82 Å². The average molecular weight is 429 g/mol. The molecule has 0 amide bonds. The Hall–Kier alpha value is -1.79. The molecule has 3 heterocycles. The molecule has 6 heteroatoms. The maximum Gasteiger partial charge on any atom is 0.129 e. The highest BCUT2D eigenvalue weighted by atomic mass is 79.9. The Balaban J connectivity index is 1.94. The smallest absolute Gasteiger partial charge is 0.129 e. The zero-order valence-corrected chi connectivity index (χ0v) is 17.4. The summed E-state index contributed by atoms with van der Waals surface area (Å²) in [4.78, 5) is 4.56. The lowest BCUT2D eigenvalue weighted by atomic mass is 9.98. The predicted molar refractivity (Wildman–Crippen MR) is 113 cm³/mol. The topological polar surface area (TPSA) is 42.7 Å².